The molecule has 0 spiro atoms. The monoisotopic (exact) mass is 215 g/mol. The summed E-state index contributed by atoms with van der Waals surface area (Å²) in [4.78, 5) is 8.21. The van der Waals surface area contributed by atoms with Crippen molar-refractivity contribution in [3.05, 3.63) is 54.1 Å². The van der Waals surface area contributed by atoms with Gasteiger partial charge in [0.15, 0.2) is 0 Å². The second kappa shape index (κ2) is 4.72. The maximum Gasteiger partial charge on any atom is 0.145 e. The lowest BCUT2D eigenvalue weighted by Gasteiger charge is -2.09. The van der Waals surface area contributed by atoms with Crippen LogP contribution in [0.5, 0.6) is 5.75 Å². The van der Waals surface area contributed by atoms with Gasteiger partial charge in [-0.3, -0.25) is 0 Å². The summed E-state index contributed by atoms with van der Waals surface area (Å²) in [7, 11) is 0. The minimum Gasteiger partial charge on any atom is -0.508 e. The SMILES string of the molecule is N[C@H](Cc1ccc(O)cc1)c1ncccn1. The molecule has 2 aromatic rings. The van der Waals surface area contributed by atoms with Gasteiger partial charge >= 0.3 is 0 Å². The third kappa shape index (κ3) is 2.55. The van der Waals surface area contributed by atoms with Gasteiger partial charge in [-0.1, -0.05) is 12.1 Å². The highest BCUT2D eigenvalue weighted by atomic mass is 16.3. The van der Waals surface area contributed by atoms with E-state index in [1.54, 1.807) is 30.6 Å². The van der Waals surface area contributed by atoms with E-state index < -0.39 is 0 Å². The smallest absolute Gasteiger partial charge is 0.145 e. The molecule has 0 saturated carbocycles. The molecule has 0 unspecified atom stereocenters. The normalized spacial score (nSPS) is 12.3. The molecular weight excluding hydrogens is 202 g/mol. The summed E-state index contributed by atoms with van der Waals surface area (Å²) in [5, 5.41) is 9.15. The van der Waals surface area contributed by atoms with E-state index in [1.807, 2.05) is 12.1 Å². The molecule has 0 radical (unpaired) electrons. The summed E-state index contributed by atoms with van der Waals surface area (Å²) < 4.78 is 0. The Morgan fingerprint density at radius 1 is 1.12 bits per heavy atom. The highest BCUT2D eigenvalue weighted by Gasteiger charge is 2.09. The van der Waals surface area contributed by atoms with Crippen LogP contribution < -0.4 is 5.73 Å². The number of hydrogen-bond donors (Lipinski definition) is 2. The topological polar surface area (TPSA) is 72.0 Å². The Morgan fingerprint density at radius 3 is 2.38 bits per heavy atom. The molecule has 1 atom stereocenters. The van der Waals surface area contributed by atoms with E-state index in [1.165, 1.54) is 0 Å². The summed E-state index contributed by atoms with van der Waals surface area (Å²) in [5.74, 6) is 0.892. The second-order valence-electron chi connectivity index (χ2n) is 3.58. The minimum atomic E-state index is -0.217. The standard InChI is InChI=1S/C12H13N3O/c13-11(12-14-6-1-7-15-12)8-9-2-4-10(16)5-3-9/h1-7,11,16H,8,13H2/t11-/m1/s1. The molecule has 1 aromatic carbocycles. The first-order valence-electron chi connectivity index (χ1n) is 5.06. The zero-order valence-electron chi connectivity index (χ0n) is 8.74. The molecule has 3 N–H and O–H groups in total. The van der Waals surface area contributed by atoms with Crippen molar-refractivity contribution in [1.29, 1.82) is 0 Å². The number of phenols is 1. The number of benzene rings is 1. The van der Waals surface area contributed by atoms with E-state index in [2.05, 4.69) is 9.97 Å². The minimum absolute atomic E-state index is 0.217. The van der Waals surface area contributed by atoms with E-state index in [9.17, 15) is 0 Å². The maximum absolute atomic E-state index is 9.15. The summed E-state index contributed by atoms with van der Waals surface area (Å²) in [6.45, 7) is 0. The molecule has 0 aliphatic rings. The molecule has 0 fully saturated rings. The largest absolute Gasteiger partial charge is 0.508 e. The lowest BCUT2D eigenvalue weighted by Crippen LogP contribution is -2.16. The van der Waals surface area contributed by atoms with Crippen LogP contribution in [0.4, 0.5) is 0 Å². The van der Waals surface area contributed by atoms with Crippen LogP contribution in [0.15, 0.2) is 42.7 Å². The first kappa shape index (κ1) is 10.6. The van der Waals surface area contributed by atoms with Crippen molar-refractivity contribution in [2.75, 3.05) is 0 Å². The summed E-state index contributed by atoms with van der Waals surface area (Å²) in [6.07, 6.45) is 4.02. The first-order valence-corrected chi connectivity index (χ1v) is 5.06. The zero-order valence-corrected chi connectivity index (χ0v) is 8.74. The molecule has 1 aromatic heterocycles. The molecule has 0 amide bonds. The quantitative estimate of drug-likeness (QED) is 0.812. The fourth-order valence-corrected chi connectivity index (χ4v) is 1.48. The van der Waals surface area contributed by atoms with Gasteiger partial charge < -0.3 is 10.8 Å². The summed E-state index contributed by atoms with van der Waals surface area (Å²) in [5.41, 5.74) is 7.03. The second-order valence-corrected chi connectivity index (χ2v) is 3.58. The Hall–Kier alpha value is -1.94. The highest BCUT2D eigenvalue weighted by molar-refractivity contribution is 5.26. The lowest BCUT2D eigenvalue weighted by atomic mass is 10.1. The van der Waals surface area contributed by atoms with Crippen molar-refractivity contribution in [2.24, 2.45) is 5.73 Å². The van der Waals surface area contributed by atoms with Crippen molar-refractivity contribution in [2.45, 2.75) is 12.5 Å². The summed E-state index contributed by atoms with van der Waals surface area (Å²) in [6, 6.07) is 8.53. The van der Waals surface area contributed by atoms with Gasteiger partial charge in [0.25, 0.3) is 0 Å². The van der Waals surface area contributed by atoms with E-state index in [4.69, 9.17) is 10.8 Å². The van der Waals surface area contributed by atoms with Crippen molar-refractivity contribution in [3.63, 3.8) is 0 Å². The van der Waals surface area contributed by atoms with Crippen LogP contribution in [0.25, 0.3) is 0 Å². The Morgan fingerprint density at radius 2 is 1.75 bits per heavy atom. The van der Waals surface area contributed by atoms with Gasteiger partial charge in [0.2, 0.25) is 0 Å². The van der Waals surface area contributed by atoms with Crippen molar-refractivity contribution >= 4 is 0 Å². The number of aromatic hydroxyl groups is 1. The number of aromatic nitrogens is 2. The first-order chi connectivity index (χ1) is 7.75. The van der Waals surface area contributed by atoms with Crippen molar-refractivity contribution in [1.82, 2.24) is 9.97 Å². The molecule has 4 nitrogen and oxygen atoms in total. The Kier molecular flexibility index (Phi) is 3.12. The van der Waals surface area contributed by atoms with Gasteiger partial charge in [-0.05, 0) is 30.2 Å². The predicted octanol–water partition coefficient (Wildman–Crippen LogP) is 1.42. The Labute approximate surface area is 93.8 Å². The number of nitrogens with zero attached hydrogens (tertiary/aromatic N) is 2. The molecular formula is C12H13N3O. The molecule has 0 aliphatic carbocycles. The molecule has 0 bridgehead atoms. The predicted molar refractivity (Wildman–Crippen MR) is 60.8 cm³/mol. The Bertz CT molecular complexity index is 442. The number of nitrogens with two attached hydrogens (primary N) is 1. The fraction of sp³-hybridized carbons (Fsp3) is 0.167. The molecule has 16 heavy (non-hydrogen) atoms. The van der Waals surface area contributed by atoms with Crippen LogP contribution in [-0.4, -0.2) is 15.1 Å². The van der Waals surface area contributed by atoms with Gasteiger partial charge in [-0.25, -0.2) is 9.97 Å². The molecule has 1 heterocycles. The Balaban J connectivity index is 2.08. The fourth-order valence-electron chi connectivity index (χ4n) is 1.48. The van der Waals surface area contributed by atoms with Gasteiger partial charge in [0.1, 0.15) is 11.6 Å². The van der Waals surface area contributed by atoms with Gasteiger partial charge in [-0.15, -0.1) is 0 Å². The van der Waals surface area contributed by atoms with Crippen LogP contribution in [0.2, 0.25) is 0 Å². The molecule has 0 aliphatic heterocycles. The van der Waals surface area contributed by atoms with Crippen molar-refractivity contribution in [3.8, 4) is 5.75 Å². The number of rotatable bonds is 3. The number of hydrogen-bond acceptors (Lipinski definition) is 4. The third-order valence-corrected chi connectivity index (χ3v) is 2.31. The van der Waals surface area contributed by atoms with Gasteiger partial charge in [0, 0.05) is 12.4 Å². The van der Waals surface area contributed by atoms with Crippen LogP contribution in [0, 0.1) is 0 Å². The average molecular weight is 215 g/mol. The van der Waals surface area contributed by atoms with Crippen LogP contribution in [0.3, 0.4) is 0 Å². The van der Waals surface area contributed by atoms with E-state index in [0.29, 0.717) is 12.2 Å². The molecule has 82 valence electrons. The summed E-state index contributed by atoms with van der Waals surface area (Å²) >= 11 is 0. The van der Waals surface area contributed by atoms with Crippen molar-refractivity contribution < 1.29 is 5.11 Å². The highest BCUT2D eigenvalue weighted by Crippen LogP contribution is 2.15. The van der Waals surface area contributed by atoms with E-state index >= 15 is 0 Å². The van der Waals surface area contributed by atoms with E-state index in [0.717, 1.165) is 5.56 Å². The van der Waals surface area contributed by atoms with Crippen LogP contribution >= 0.6 is 0 Å². The average Bonchev–Trinajstić information content (AvgIpc) is 2.33. The maximum atomic E-state index is 9.15. The van der Waals surface area contributed by atoms with Crippen LogP contribution in [0.1, 0.15) is 17.4 Å². The number of phenolic OH excluding ortho intramolecular Hbond substituents is 1. The zero-order chi connectivity index (χ0) is 11.4. The lowest BCUT2D eigenvalue weighted by molar-refractivity contribution is 0.475. The van der Waals surface area contributed by atoms with E-state index in [-0.39, 0.29) is 11.8 Å². The third-order valence-electron chi connectivity index (χ3n) is 2.31. The molecule has 2 rings (SSSR count). The molecule has 0 saturated heterocycles. The van der Waals surface area contributed by atoms with Gasteiger partial charge in [0.05, 0.1) is 6.04 Å². The van der Waals surface area contributed by atoms with Crippen LogP contribution in [-0.2, 0) is 6.42 Å². The molecule has 4 heteroatoms. The van der Waals surface area contributed by atoms with Gasteiger partial charge in [-0.2, -0.15) is 0 Å².